The Morgan fingerprint density at radius 1 is 1.13 bits per heavy atom. The van der Waals surface area contributed by atoms with Crippen molar-refractivity contribution in [3.63, 3.8) is 0 Å². The number of alkyl halides is 3. The molecule has 0 bridgehead atoms. The maximum Gasteiger partial charge on any atom is 0.433 e. The Hall–Kier alpha value is -2.91. The third kappa shape index (κ3) is 4.47. The van der Waals surface area contributed by atoms with Crippen molar-refractivity contribution in [2.45, 2.75) is 45.0 Å². The van der Waals surface area contributed by atoms with E-state index in [2.05, 4.69) is 5.10 Å². The second-order valence-corrected chi connectivity index (χ2v) is 7.32. The molecule has 1 aliphatic heterocycles. The van der Waals surface area contributed by atoms with E-state index in [1.807, 2.05) is 0 Å². The van der Waals surface area contributed by atoms with Crippen LogP contribution in [-0.2, 0) is 10.9 Å². The standard InChI is InChI=1S/C20H21F4N3O3/c1-12(2)27-17(20(22,23)24)15(11-25-27)19(29)30-13-7-9-26(10-8-13)18(28)14-5-3-4-6-16(14)21/h3-6,11-13H,7-10H2,1-2H3. The van der Waals surface area contributed by atoms with Crippen LogP contribution in [0.5, 0.6) is 0 Å². The topological polar surface area (TPSA) is 64.4 Å². The van der Waals surface area contributed by atoms with E-state index >= 15 is 0 Å². The van der Waals surface area contributed by atoms with E-state index in [1.165, 1.54) is 36.9 Å². The number of hydrogen-bond donors (Lipinski definition) is 0. The molecule has 1 aliphatic rings. The first-order valence-electron chi connectivity index (χ1n) is 9.49. The smallest absolute Gasteiger partial charge is 0.433 e. The van der Waals surface area contributed by atoms with Gasteiger partial charge in [-0.1, -0.05) is 12.1 Å². The average molecular weight is 427 g/mol. The molecule has 6 nitrogen and oxygen atoms in total. The Balaban J connectivity index is 1.65. The molecule has 0 spiro atoms. The van der Waals surface area contributed by atoms with Gasteiger partial charge in [-0.15, -0.1) is 0 Å². The van der Waals surface area contributed by atoms with Gasteiger partial charge in [0.2, 0.25) is 0 Å². The predicted octanol–water partition coefficient (Wildman–Crippen LogP) is 4.08. The largest absolute Gasteiger partial charge is 0.459 e. The first-order valence-corrected chi connectivity index (χ1v) is 9.49. The molecule has 1 aromatic carbocycles. The van der Waals surface area contributed by atoms with Gasteiger partial charge in [0.1, 0.15) is 17.5 Å². The van der Waals surface area contributed by atoms with Gasteiger partial charge in [0, 0.05) is 32.0 Å². The highest BCUT2D eigenvalue weighted by atomic mass is 19.4. The normalized spacial score (nSPS) is 15.5. The fraction of sp³-hybridized carbons (Fsp3) is 0.450. The number of halogens is 4. The molecule has 0 N–H and O–H groups in total. The summed E-state index contributed by atoms with van der Waals surface area (Å²) in [7, 11) is 0. The molecule has 162 valence electrons. The molecule has 1 amide bonds. The number of benzene rings is 1. The van der Waals surface area contributed by atoms with Crippen LogP contribution in [0.2, 0.25) is 0 Å². The van der Waals surface area contributed by atoms with Crippen molar-refractivity contribution >= 4 is 11.9 Å². The number of hydrogen-bond acceptors (Lipinski definition) is 4. The Bertz CT molecular complexity index is 932. The van der Waals surface area contributed by atoms with Crippen LogP contribution in [0.1, 0.15) is 59.1 Å². The highest BCUT2D eigenvalue weighted by Gasteiger charge is 2.41. The highest BCUT2D eigenvalue weighted by Crippen LogP contribution is 2.34. The SMILES string of the molecule is CC(C)n1ncc(C(=O)OC2CCN(C(=O)c3ccccc3F)CC2)c1C(F)(F)F. The lowest BCUT2D eigenvalue weighted by molar-refractivity contribution is -0.145. The maximum absolute atomic E-state index is 13.8. The summed E-state index contributed by atoms with van der Waals surface area (Å²) < 4.78 is 60.1. The first-order chi connectivity index (χ1) is 14.1. The monoisotopic (exact) mass is 427 g/mol. The molecule has 10 heteroatoms. The second-order valence-electron chi connectivity index (χ2n) is 7.32. The molecule has 2 aromatic rings. The molecule has 0 atom stereocenters. The summed E-state index contributed by atoms with van der Waals surface area (Å²) in [5.74, 6) is -2.21. The zero-order chi connectivity index (χ0) is 22.1. The van der Waals surface area contributed by atoms with Crippen LogP contribution in [0.4, 0.5) is 17.6 Å². The minimum Gasteiger partial charge on any atom is -0.459 e. The average Bonchev–Trinajstić information content (AvgIpc) is 3.15. The van der Waals surface area contributed by atoms with E-state index in [-0.39, 0.29) is 31.5 Å². The van der Waals surface area contributed by atoms with E-state index in [0.717, 1.165) is 10.9 Å². The molecule has 0 saturated carbocycles. The molecule has 2 heterocycles. The van der Waals surface area contributed by atoms with Crippen molar-refractivity contribution in [1.82, 2.24) is 14.7 Å². The maximum atomic E-state index is 13.8. The van der Waals surface area contributed by atoms with Crippen LogP contribution in [0, 0.1) is 5.82 Å². The molecule has 30 heavy (non-hydrogen) atoms. The number of aromatic nitrogens is 2. The molecule has 3 rings (SSSR count). The van der Waals surface area contributed by atoms with Gasteiger partial charge >= 0.3 is 12.1 Å². The van der Waals surface area contributed by atoms with Crippen molar-refractivity contribution < 1.29 is 31.9 Å². The van der Waals surface area contributed by atoms with Crippen LogP contribution < -0.4 is 0 Å². The lowest BCUT2D eigenvalue weighted by atomic mass is 10.1. The van der Waals surface area contributed by atoms with E-state index in [0.29, 0.717) is 0 Å². The summed E-state index contributed by atoms with van der Waals surface area (Å²) in [6.45, 7) is 3.45. The van der Waals surface area contributed by atoms with Gasteiger partial charge in [0.15, 0.2) is 5.69 Å². The zero-order valence-electron chi connectivity index (χ0n) is 16.4. The van der Waals surface area contributed by atoms with Crippen LogP contribution in [0.25, 0.3) is 0 Å². The third-order valence-electron chi connectivity index (χ3n) is 4.88. The molecule has 0 radical (unpaired) electrons. The minimum atomic E-state index is -4.76. The van der Waals surface area contributed by atoms with Gasteiger partial charge < -0.3 is 9.64 Å². The van der Waals surface area contributed by atoms with Crippen molar-refractivity contribution in [2.75, 3.05) is 13.1 Å². The molecule has 0 unspecified atom stereocenters. The summed E-state index contributed by atoms with van der Waals surface area (Å²) in [6, 6.07) is 5.02. The summed E-state index contributed by atoms with van der Waals surface area (Å²) in [5, 5.41) is 3.68. The van der Waals surface area contributed by atoms with Gasteiger partial charge in [0.05, 0.1) is 11.8 Å². The number of nitrogens with zero attached hydrogens (tertiary/aromatic N) is 3. The fourth-order valence-corrected chi connectivity index (χ4v) is 3.38. The van der Waals surface area contributed by atoms with Crippen molar-refractivity contribution in [1.29, 1.82) is 0 Å². The number of amides is 1. The second kappa shape index (κ2) is 8.45. The van der Waals surface area contributed by atoms with Crippen molar-refractivity contribution in [2.24, 2.45) is 0 Å². The van der Waals surface area contributed by atoms with Crippen LogP contribution >= 0.6 is 0 Å². The van der Waals surface area contributed by atoms with E-state index in [9.17, 15) is 27.2 Å². The molecular formula is C20H21F4N3O3. The number of piperidine rings is 1. The van der Waals surface area contributed by atoms with Gasteiger partial charge in [-0.25, -0.2) is 9.18 Å². The number of esters is 1. The van der Waals surface area contributed by atoms with Gasteiger partial charge in [-0.2, -0.15) is 18.3 Å². The number of ether oxygens (including phenoxy) is 1. The fourth-order valence-electron chi connectivity index (χ4n) is 3.38. The van der Waals surface area contributed by atoms with Crippen LogP contribution in [0.15, 0.2) is 30.5 Å². The third-order valence-corrected chi connectivity index (χ3v) is 4.88. The highest BCUT2D eigenvalue weighted by molar-refractivity contribution is 5.94. The molecular weight excluding hydrogens is 406 g/mol. The number of rotatable bonds is 4. The van der Waals surface area contributed by atoms with E-state index in [1.54, 1.807) is 6.07 Å². The summed E-state index contributed by atoms with van der Waals surface area (Å²) in [6.07, 6.45) is -4.06. The molecule has 1 aromatic heterocycles. The van der Waals surface area contributed by atoms with Gasteiger partial charge in [-0.05, 0) is 26.0 Å². The number of likely N-dealkylation sites (tertiary alicyclic amines) is 1. The lowest BCUT2D eigenvalue weighted by Crippen LogP contribution is -2.41. The molecule has 0 aliphatic carbocycles. The molecule has 1 fully saturated rings. The first kappa shape index (κ1) is 21.8. The Morgan fingerprint density at radius 2 is 1.77 bits per heavy atom. The number of carbonyl (C=O) groups excluding carboxylic acids is 2. The zero-order valence-corrected chi connectivity index (χ0v) is 16.4. The summed E-state index contributed by atoms with van der Waals surface area (Å²) in [5.41, 5.74) is -1.83. The van der Waals surface area contributed by atoms with E-state index < -0.39 is 47.3 Å². The Morgan fingerprint density at radius 3 is 2.33 bits per heavy atom. The Labute approximate surface area is 170 Å². The van der Waals surface area contributed by atoms with Crippen molar-refractivity contribution in [3.05, 3.63) is 53.1 Å². The minimum absolute atomic E-state index is 0.0520. The number of carbonyl (C=O) groups is 2. The summed E-state index contributed by atoms with van der Waals surface area (Å²) in [4.78, 5) is 26.3. The van der Waals surface area contributed by atoms with Gasteiger partial charge in [-0.3, -0.25) is 9.48 Å². The predicted molar refractivity (Wildman–Crippen MR) is 98.4 cm³/mol. The quantitative estimate of drug-likeness (QED) is 0.545. The Kier molecular flexibility index (Phi) is 6.14. The van der Waals surface area contributed by atoms with Crippen LogP contribution in [0.3, 0.4) is 0 Å². The van der Waals surface area contributed by atoms with Crippen LogP contribution in [-0.4, -0.2) is 45.8 Å². The lowest BCUT2D eigenvalue weighted by Gasteiger charge is -2.31. The van der Waals surface area contributed by atoms with E-state index in [4.69, 9.17) is 4.74 Å². The van der Waals surface area contributed by atoms with Gasteiger partial charge in [0.25, 0.3) is 5.91 Å². The summed E-state index contributed by atoms with van der Waals surface area (Å²) >= 11 is 0. The van der Waals surface area contributed by atoms with Crippen molar-refractivity contribution in [3.8, 4) is 0 Å². The molecule has 1 saturated heterocycles.